The Balaban J connectivity index is 1.42. The van der Waals surface area contributed by atoms with Gasteiger partial charge in [-0.3, -0.25) is 29.3 Å². The second-order valence-electron chi connectivity index (χ2n) is 9.72. The van der Waals surface area contributed by atoms with E-state index >= 15 is 0 Å². The molecule has 2 saturated heterocycles. The van der Waals surface area contributed by atoms with E-state index in [0.29, 0.717) is 21.7 Å². The fraction of sp³-hybridized carbons (Fsp3) is 0.133. The number of ketones is 2. The molecule has 3 heterocycles. The molecule has 3 aliphatic heterocycles. The highest BCUT2D eigenvalue weighted by Gasteiger charge is 2.63. The van der Waals surface area contributed by atoms with Crippen molar-refractivity contribution in [3.05, 3.63) is 129 Å². The first kappa shape index (κ1) is 25.4. The van der Waals surface area contributed by atoms with Crippen LogP contribution in [0.4, 0.5) is 11.4 Å². The smallest absolute Gasteiger partial charge is 0.269 e. The molecule has 0 radical (unpaired) electrons. The van der Waals surface area contributed by atoms with Crippen LogP contribution in [0.15, 0.2) is 103 Å². The fourth-order valence-electron chi connectivity index (χ4n) is 5.72. The molecule has 4 atom stereocenters. The van der Waals surface area contributed by atoms with Crippen LogP contribution in [-0.4, -0.2) is 45.3 Å². The SMILES string of the molecule is O=C(C1=C[C@@H]2[C@@H]3C(=O)N(c4ccc([N+](=O)[O-])cc4)C(=O)[C@@H]3[C@@H](C(=O)c3ccc(Cl)cc3)N2C=C1)c1ccccc1. The number of amides is 2. The third-order valence-electron chi connectivity index (χ3n) is 7.56. The number of Topliss-reactive ketones (excluding diaryl/α,β-unsaturated/α-hetero) is 2. The van der Waals surface area contributed by atoms with Gasteiger partial charge >= 0.3 is 0 Å². The maximum atomic E-state index is 13.9. The summed E-state index contributed by atoms with van der Waals surface area (Å²) < 4.78 is 0. The maximum absolute atomic E-state index is 13.9. The molecule has 0 unspecified atom stereocenters. The lowest BCUT2D eigenvalue weighted by molar-refractivity contribution is -0.384. The number of nitro groups is 1. The van der Waals surface area contributed by atoms with Crippen molar-refractivity contribution in [2.45, 2.75) is 12.1 Å². The number of nitrogens with zero attached hydrogens (tertiary/aromatic N) is 3. The van der Waals surface area contributed by atoms with E-state index in [1.165, 1.54) is 24.3 Å². The molecule has 198 valence electrons. The van der Waals surface area contributed by atoms with Crippen molar-refractivity contribution in [1.82, 2.24) is 4.90 Å². The summed E-state index contributed by atoms with van der Waals surface area (Å²) in [5.74, 6) is -3.72. The number of carbonyl (C=O) groups excluding carboxylic acids is 4. The largest absolute Gasteiger partial charge is 0.359 e. The Bertz CT molecular complexity index is 1630. The molecular weight excluding hydrogens is 534 g/mol. The van der Waals surface area contributed by atoms with Crippen molar-refractivity contribution >= 4 is 46.4 Å². The van der Waals surface area contributed by atoms with Gasteiger partial charge in [0, 0.05) is 40.1 Å². The van der Waals surface area contributed by atoms with Crippen molar-refractivity contribution in [2.75, 3.05) is 4.90 Å². The molecule has 6 rings (SSSR count). The predicted octanol–water partition coefficient (Wildman–Crippen LogP) is 4.63. The van der Waals surface area contributed by atoms with Crippen LogP contribution in [0.1, 0.15) is 20.7 Å². The number of imide groups is 1. The van der Waals surface area contributed by atoms with Gasteiger partial charge in [0.15, 0.2) is 11.6 Å². The Labute approximate surface area is 233 Å². The summed E-state index contributed by atoms with van der Waals surface area (Å²) in [6, 6.07) is 18.3. The van der Waals surface area contributed by atoms with Gasteiger partial charge in [-0.05, 0) is 42.5 Å². The lowest BCUT2D eigenvalue weighted by atomic mass is 9.85. The number of anilines is 1. The number of carbonyl (C=O) groups is 4. The molecule has 0 N–H and O–H groups in total. The van der Waals surface area contributed by atoms with E-state index in [9.17, 15) is 29.3 Å². The molecule has 0 spiro atoms. The van der Waals surface area contributed by atoms with Crippen LogP contribution < -0.4 is 4.90 Å². The summed E-state index contributed by atoms with van der Waals surface area (Å²) in [4.78, 5) is 68.0. The molecule has 3 aromatic rings. The molecule has 3 aliphatic rings. The Morgan fingerprint density at radius 3 is 2.12 bits per heavy atom. The van der Waals surface area contributed by atoms with Gasteiger partial charge in [-0.1, -0.05) is 48.0 Å². The summed E-state index contributed by atoms with van der Waals surface area (Å²) in [6.07, 6.45) is 4.85. The topological polar surface area (TPSA) is 118 Å². The zero-order valence-corrected chi connectivity index (χ0v) is 21.5. The zero-order valence-electron chi connectivity index (χ0n) is 20.7. The van der Waals surface area contributed by atoms with Crippen LogP contribution in [0, 0.1) is 22.0 Å². The molecule has 3 aromatic carbocycles. The molecule has 2 fully saturated rings. The van der Waals surface area contributed by atoms with E-state index in [2.05, 4.69) is 0 Å². The highest BCUT2D eigenvalue weighted by molar-refractivity contribution is 6.30. The van der Waals surface area contributed by atoms with Crippen molar-refractivity contribution in [3.63, 3.8) is 0 Å². The molecule has 10 heteroatoms. The summed E-state index contributed by atoms with van der Waals surface area (Å²) in [7, 11) is 0. The van der Waals surface area contributed by atoms with Gasteiger partial charge in [0.1, 0.15) is 6.04 Å². The van der Waals surface area contributed by atoms with Crippen LogP contribution >= 0.6 is 11.6 Å². The van der Waals surface area contributed by atoms with E-state index in [1.54, 1.807) is 77.8 Å². The number of non-ortho nitro benzene ring substituents is 1. The number of hydrogen-bond donors (Lipinski definition) is 0. The monoisotopic (exact) mass is 553 g/mol. The third-order valence-corrected chi connectivity index (χ3v) is 7.81. The van der Waals surface area contributed by atoms with Gasteiger partial charge < -0.3 is 4.90 Å². The van der Waals surface area contributed by atoms with Gasteiger partial charge in [0.05, 0.1) is 28.5 Å². The van der Waals surface area contributed by atoms with Crippen molar-refractivity contribution < 1.29 is 24.1 Å². The predicted molar refractivity (Wildman–Crippen MR) is 146 cm³/mol. The Morgan fingerprint density at radius 2 is 1.48 bits per heavy atom. The standard InChI is InChI=1S/C30H20ClN3O6/c31-20-8-6-18(7-9-20)28(36)26-25-24(29(37)33(30(25)38)21-10-12-22(13-11-21)34(39)40)23-16-19(14-15-32(23)26)27(35)17-4-2-1-3-5-17/h1-16,23-26H/t23-,24+,25+,26+/m1/s1. The third kappa shape index (κ3) is 4.02. The van der Waals surface area contributed by atoms with Gasteiger partial charge in [0.25, 0.3) is 5.69 Å². The number of halogens is 1. The Hall–Kier alpha value is -4.89. The van der Waals surface area contributed by atoms with Crippen LogP contribution in [0.25, 0.3) is 0 Å². The number of fused-ring (bicyclic) bond motifs is 3. The van der Waals surface area contributed by atoms with E-state index in [-0.39, 0.29) is 22.9 Å². The van der Waals surface area contributed by atoms with Crippen molar-refractivity contribution in [2.24, 2.45) is 11.8 Å². The maximum Gasteiger partial charge on any atom is 0.269 e. The molecule has 40 heavy (non-hydrogen) atoms. The number of benzene rings is 3. The second kappa shape index (κ2) is 9.69. The second-order valence-corrected chi connectivity index (χ2v) is 10.2. The molecule has 2 amide bonds. The van der Waals surface area contributed by atoms with Gasteiger partial charge in [0.2, 0.25) is 11.8 Å². The van der Waals surface area contributed by atoms with Gasteiger partial charge in [-0.15, -0.1) is 0 Å². The summed E-state index contributed by atoms with van der Waals surface area (Å²) >= 11 is 6.01. The quantitative estimate of drug-likeness (QED) is 0.189. The van der Waals surface area contributed by atoms with Gasteiger partial charge in [-0.25, -0.2) is 4.90 Å². The first-order valence-corrected chi connectivity index (χ1v) is 12.8. The van der Waals surface area contributed by atoms with Crippen molar-refractivity contribution in [1.29, 1.82) is 0 Å². The Morgan fingerprint density at radius 1 is 0.825 bits per heavy atom. The van der Waals surface area contributed by atoms with Gasteiger partial charge in [-0.2, -0.15) is 0 Å². The molecule has 0 saturated carbocycles. The molecule has 0 bridgehead atoms. The number of rotatable bonds is 6. The number of nitro benzene ring substituents is 1. The lowest BCUT2D eigenvalue weighted by Crippen LogP contribution is -2.46. The molecule has 0 aromatic heterocycles. The van der Waals surface area contributed by atoms with E-state index in [1.807, 2.05) is 0 Å². The highest BCUT2D eigenvalue weighted by atomic mass is 35.5. The first-order chi connectivity index (χ1) is 19.3. The van der Waals surface area contributed by atoms with Crippen LogP contribution in [0.2, 0.25) is 5.02 Å². The number of hydrogen-bond acceptors (Lipinski definition) is 7. The average molecular weight is 554 g/mol. The minimum atomic E-state index is -1.04. The highest BCUT2D eigenvalue weighted by Crippen LogP contribution is 2.47. The van der Waals surface area contributed by atoms with E-state index in [0.717, 1.165) is 4.90 Å². The number of allylic oxidation sites excluding steroid dienone is 2. The van der Waals surface area contributed by atoms with Crippen LogP contribution in [0.5, 0.6) is 0 Å². The van der Waals surface area contributed by atoms with Crippen molar-refractivity contribution in [3.8, 4) is 0 Å². The van der Waals surface area contributed by atoms with E-state index in [4.69, 9.17) is 11.6 Å². The fourth-order valence-corrected chi connectivity index (χ4v) is 5.84. The minimum Gasteiger partial charge on any atom is -0.359 e. The normalized spacial score (nSPS) is 23.1. The molecule has 0 aliphatic carbocycles. The minimum absolute atomic E-state index is 0.176. The van der Waals surface area contributed by atoms with Crippen LogP contribution in [-0.2, 0) is 9.59 Å². The van der Waals surface area contributed by atoms with Crippen LogP contribution in [0.3, 0.4) is 0 Å². The zero-order chi connectivity index (χ0) is 28.1. The summed E-state index contributed by atoms with van der Waals surface area (Å²) in [5, 5.41) is 11.6. The van der Waals surface area contributed by atoms with E-state index < -0.39 is 40.7 Å². The Kier molecular flexibility index (Phi) is 6.15. The average Bonchev–Trinajstić information content (AvgIpc) is 3.44. The lowest BCUT2D eigenvalue weighted by Gasteiger charge is -2.32. The molecular formula is C30H20ClN3O6. The summed E-state index contributed by atoms with van der Waals surface area (Å²) in [6.45, 7) is 0. The molecule has 9 nitrogen and oxygen atoms in total. The first-order valence-electron chi connectivity index (χ1n) is 12.5. The summed E-state index contributed by atoms with van der Waals surface area (Å²) in [5.41, 5.74) is 1.13.